The van der Waals surface area contributed by atoms with Crippen molar-refractivity contribution in [1.29, 1.82) is 0 Å². The number of ether oxygens (including phenoxy) is 1. The van der Waals surface area contributed by atoms with E-state index in [2.05, 4.69) is 29.1 Å². The molecule has 0 fully saturated rings. The Morgan fingerprint density at radius 1 is 1.38 bits per heavy atom. The molecule has 0 spiro atoms. The number of anilines is 1. The molecule has 0 atom stereocenters. The van der Waals surface area contributed by atoms with Crippen LogP contribution >= 0.6 is 0 Å². The fraction of sp³-hybridized carbons (Fsp3) is 0.429. The van der Waals surface area contributed by atoms with E-state index in [1.807, 2.05) is 0 Å². The van der Waals surface area contributed by atoms with Gasteiger partial charge in [0.1, 0.15) is 12.1 Å². The standard InChI is InChI=1S/C14H18N4O3/c1-10(2)8-21-6-5-15-14-12-7-11(18(19)20)3-4-13(12)16-9-17-14/h3-4,7,9-10H,5-6,8H2,1-2H3,(H,15,16,17). The minimum atomic E-state index is -0.429. The number of aromatic nitrogens is 2. The quantitative estimate of drug-likeness (QED) is 0.479. The van der Waals surface area contributed by atoms with Crippen LogP contribution in [0, 0.1) is 16.0 Å². The number of non-ortho nitro benzene ring substituents is 1. The van der Waals surface area contributed by atoms with Crippen molar-refractivity contribution in [3.05, 3.63) is 34.6 Å². The van der Waals surface area contributed by atoms with E-state index in [1.54, 1.807) is 6.07 Å². The molecule has 2 rings (SSSR count). The molecular formula is C14H18N4O3. The first-order chi connectivity index (χ1) is 10.1. The maximum absolute atomic E-state index is 10.8. The second kappa shape index (κ2) is 6.94. The van der Waals surface area contributed by atoms with Gasteiger partial charge in [0.25, 0.3) is 5.69 Å². The largest absolute Gasteiger partial charge is 0.379 e. The van der Waals surface area contributed by atoms with Crippen LogP contribution in [0.25, 0.3) is 10.9 Å². The lowest BCUT2D eigenvalue weighted by atomic mass is 10.2. The molecule has 1 N–H and O–H groups in total. The molecule has 0 unspecified atom stereocenters. The van der Waals surface area contributed by atoms with Crippen molar-refractivity contribution in [2.45, 2.75) is 13.8 Å². The molecule has 7 heteroatoms. The van der Waals surface area contributed by atoms with Crippen LogP contribution in [0.15, 0.2) is 24.5 Å². The smallest absolute Gasteiger partial charge is 0.270 e. The number of nitrogens with one attached hydrogen (secondary N) is 1. The molecule has 0 aliphatic carbocycles. The molecule has 2 aromatic rings. The van der Waals surface area contributed by atoms with Gasteiger partial charge >= 0.3 is 0 Å². The minimum absolute atomic E-state index is 0.0245. The van der Waals surface area contributed by atoms with Crippen LogP contribution < -0.4 is 5.32 Å². The highest BCUT2D eigenvalue weighted by atomic mass is 16.6. The third-order valence-corrected chi connectivity index (χ3v) is 2.82. The Balaban J connectivity index is 2.08. The second-order valence-corrected chi connectivity index (χ2v) is 5.08. The zero-order valence-electron chi connectivity index (χ0n) is 12.1. The average Bonchev–Trinajstić information content (AvgIpc) is 2.46. The van der Waals surface area contributed by atoms with Crippen LogP contribution in [-0.4, -0.2) is 34.6 Å². The molecule has 7 nitrogen and oxygen atoms in total. The van der Waals surface area contributed by atoms with Gasteiger partial charge in [0.2, 0.25) is 0 Å². The summed E-state index contributed by atoms with van der Waals surface area (Å²) in [5, 5.41) is 14.6. The molecule has 0 saturated heterocycles. The number of fused-ring (bicyclic) bond motifs is 1. The van der Waals surface area contributed by atoms with E-state index >= 15 is 0 Å². The number of rotatable bonds is 7. The average molecular weight is 290 g/mol. The summed E-state index contributed by atoms with van der Waals surface area (Å²) in [6, 6.07) is 4.53. The van der Waals surface area contributed by atoms with Gasteiger partial charge in [-0.1, -0.05) is 13.8 Å². The van der Waals surface area contributed by atoms with Crippen molar-refractivity contribution in [2.75, 3.05) is 25.1 Å². The Labute approximate surface area is 122 Å². The van der Waals surface area contributed by atoms with Gasteiger partial charge in [0.15, 0.2) is 0 Å². The van der Waals surface area contributed by atoms with Gasteiger partial charge in [0.05, 0.1) is 17.0 Å². The highest BCUT2D eigenvalue weighted by molar-refractivity contribution is 5.90. The zero-order chi connectivity index (χ0) is 15.2. The van der Waals surface area contributed by atoms with E-state index in [9.17, 15) is 10.1 Å². The molecule has 0 saturated carbocycles. The molecule has 0 aliphatic heterocycles. The number of hydrogen-bond acceptors (Lipinski definition) is 6. The molecule has 1 heterocycles. The van der Waals surface area contributed by atoms with E-state index in [-0.39, 0.29) is 5.69 Å². The first-order valence-electron chi connectivity index (χ1n) is 6.78. The van der Waals surface area contributed by atoms with Gasteiger partial charge in [-0.05, 0) is 12.0 Å². The van der Waals surface area contributed by atoms with Gasteiger partial charge < -0.3 is 10.1 Å². The van der Waals surface area contributed by atoms with Crippen LogP contribution in [0.3, 0.4) is 0 Å². The maximum atomic E-state index is 10.8. The molecule has 0 amide bonds. The number of hydrogen-bond donors (Lipinski definition) is 1. The van der Waals surface area contributed by atoms with Crippen molar-refractivity contribution >= 4 is 22.4 Å². The van der Waals surface area contributed by atoms with E-state index in [0.717, 1.165) is 0 Å². The normalized spacial score (nSPS) is 11.0. The topological polar surface area (TPSA) is 90.2 Å². The highest BCUT2D eigenvalue weighted by Crippen LogP contribution is 2.23. The predicted molar refractivity (Wildman–Crippen MR) is 80.3 cm³/mol. The molecular weight excluding hydrogens is 272 g/mol. The van der Waals surface area contributed by atoms with Crippen molar-refractivity contribution in [3.63, 3.8) is 0 Å². The third-order valence-electron chi connectivity index (χ3n) is 2.82. The van der Waals surface area contributed by atoms with Crippen LogP contribution in [0.4, 0.5) is 11.5 Å². The Hall–Kier alpha value is -2.28. The summed E-state index contributed by atoms with van der Waals surface area (Å²) in [4.78, 5) is 18.7. The highest BCUT2D eigenvalue weighted by Gasteiger charge is 2.10. The van der Waals surface area contributed by atoms with E-state index in [1.165, 1.54) is 18.5 Å². The SMILES string of the molecule is CC(C)COCCNc1ncnc2ccc([N+](=O)[O-])cc12. The van der Waals surface area contributed by atoms with Crippen LogP contribution in [-0.2, 0) is 4.74 Å². The number of benzene rings is 1. The molecule has 21 heavy (non-hydrogen) atoms. The lowest BCUT2D eigenvalue weighted by molar-refractivity contribution is -0.384. The molecule has 0 bridgehead atoms. The lowest BCUT2D eigenvalue weighted by Crippen LogP contribution is -2.13. The summed E-state index contributed by atoms with van der Waals surface area (Å²) in [6.07, 6.45) is 1.44. The Morgan fingerprint density at radius 3 is 2.90 bits per heavy atom. The summed E-state index contributed by atoms with van der Waals surface area (Å²) in [5.74, 6) is 1.07. The maximum Gasteiger partial charge on any atom is 0.270 e. The van der Waals surface area contributed by atoms with Gasteiger partial charge in [-0.25, -0.2) is 9.97 Å². The Morgan fingerprint density at radius 2 is 2.19 bits per heavy atom. The Bertz CT molecular complexity index is 631. The monoisotopic (exact) mass is 290 g/mol. The number of nitro groups is 1. The second-order valence-electron chi connectivity index (χ2n) is 5.08. The zero-order valence-corrected chi connectivity index (χ0v) is 12.1. The first-order valence-corrected chi connectivity index (χ1v) is 6.78. The van der Waals surface area contributed by atoms with E-state index in [0.29, 0.717) is 42.4 Å². The lowest BCUT2D eigenvalue weighted by Gasteiger charge is -2.09. The third kappa shape index (κ3) is 4.09. The van der Waals surface area contributed by atoms with Gasteiger partial charge in [0, 0.05) is 30.7 Å². The minimum Gasteiger partial charge on any atom is -0.379 e. The number of nitro benzene ring substituents is 1. The van der Waals surface area contributed by atoms with Crippen LogP contribution in [0.5, 0.6) is 0 Å². The van der Waals surface area contributed by atoms with E-state index in [4.69, 9.17) is 4.74 Å². The molecule has 1 aromatic carbocycles. The van der Waals surface area contributed by atoms with Crippen LogP contribution in [0.1, 0.15) is 13.8 Å². The first kappa shape index (κ1) is 15.1. The molecule has 1 aromatic heterocycles. The van der Waals surface area contributed by atoms with Gasteiger partial charge in [-0.2, -0.15) is 0 Å². The van der Waals surface area contributed by atoms with E-state index < -0.39 is 4.92 Å². The number of nitrogens with zero attached hydrogens (tertiary/aromatic N) is 3. The molecule has 0 radical (unpaired) electrons. The fourth-order valence-electron chi connectivity index (χ4n) is 1.86. The van der Waals surface area contributed by atoms with Crippen molar-refractivity contribution in [3.8, 4) is 0 Å². The van der Waals surface area contributed by atoms with Crippen molar-refractivity contribution < 1.29 is 9.66 Å². The summed E-state index contributed by atoms with van der Waals surface area (Å²) in [6.45, 7) is 6.02. The summed E-state index contributed by atoms with van der Waals surface area (Å²) in [7, 11) is 0. The van der Waals surface area contributed by atoms with Crippen molar-refractivity contribution in [1.82, 2.24) is 9.97 Å². The van der Waals surface area contributed by atoms with Crippen molar-refractivity contribution in [2.24, 2.45) is 5.92 Å². The fourth-order valence-corrected chi connectivity index (χ4v) is 1.86. The summed E-state index contributed by atoms with van der Waals surface area (Å²) >= 11 is 0. The molecule has 0 aliphatic rings. The van der Waals surface area contributed by atoms with Crippen LogP contribution in [0.2, 0.25) is 0 Å². The predicted octanol–water partition coefficient (Wildman–Crippen LogP) is 2.62. The summed E-state index contributed by atoms with van der Waals surface area (Å²) in [5.41, 5.74) is 0.692. The Kier molecular flexibility index (Phi) is 4.99. The van der Waals surface area contributed by atoms with Gasteiger partial charge in [-0.15, -0.1) is 0 Å². The summed E-state index contributed by atoms with van der Waals surface area (Å²) < 4.78 is 5.48. The van der Waals surface area contributed by atoms with Gasteiger partial charge in [-0.3, -0.25) is 10.1 Å². The molecule has 112 valence electrons.